The minimum Gasteiger partial charge on any atom is -0.359 e. The second-order valence-electron chi connectivity index (χ2n) is 6.70. The van der Waals surface area contributed by atoms with E-state index in [2.05, 4.69) is 0 Å². The Morgan fingerprint density at radius 1 is 1.06 bits per heavy atom. The highest BCUT2D eigenvalue weighted by Gasteiger charge is 2.60. The van der Waals surface area contributed by atoms with Crippen LogP contribution in [0.5, 0.6) is 0 Å². The third-order valence-electron chi connectivity index (χ3n) is 3.99. The molecule has 1 spiro atoms. The molecule has 0 N–H and O–H groups in total. The van der Waals surface area contributed by atoms with Crippen LogP contribution in [0.1, 0.15) is 47.0 Å². The smallest absolute Gasteiger partial charge is 0.180 e. The van der Waals surface area contributed by atoms with E-state index < -0.39 is 25.8 Å². The lowest BCUT2D eigenvalue weighted by atomic mass is 9.79. The Hall–Kier alpha value is -0.170. The van der Waals surface area contributed by atoms with E-state index in [9.17, 15) is 13.6 Å². The fraction of sp³-hybridized carbons (Fsp3) is 1.00. The molecule has 2 aliphatic heterocycles. The Bertz CT molecular complexity index is 423. The first kappa shape index (κ1) is 14.2. The molecule has 0 aromatic carbocycles. The van der Waals surface area contributed by atoms with E-state index in [0.717, 1.165) is 5.06 Å². The fourth-order valence-electron chi connectivity index (χ4n) is 3.45. The van der Waals surface area contributed by atoms with Gasteiger partial charge in [-0.1, -0.05) is 0 Å². The average molecular weight is 276 g/mol. The summed E-state index contributed by atoms with van der Waals surface area (Å²) in [6, 6.07) is 0. The summed E-state index contributed by atoms with van der Waals surface area (Å²) in [4.78, 5) is -1.17. The monoisotopic (exact) mass is 276 g/mol. The van der Waals surface area contributed by atoms with E-state index in [4.69, 9.17) is 4.74 Å². The van der Waals surface area contributed by atoms with Gasteiger partial charge in [-0.3, -0.25) is 0 Å². The molecule has 5 nitrogen and oxygen atoms in total. The van der Waals surface area contributed by atoms with Crippen LogP contribution in [0.25, 0.3) is 0 Å². The van der Waals surface area contributed by atoms with Crippen molar-refractivity contribution in [3.63, 3.8) is 0 Å². The van der Waals surface area contributed by atoms with Crippen molar-refractivity contribution in [3.05, 3.63) is 0 Å². The molecule has 0 aromatic heterocycles. The normalized spacial score (nSPS) is 33.4. The molecule has 6 heteroatoms. The van der Waals surface area contributed by atoms with Gasteiger partial charge in [0.2, 0.25) is 0 Å². The maximum Gasteiger partial charge on any atom is 0.180 e. The number of rotatable bonds is 0. The fourth-order valence-corrected chi connectivity index (χ4v) is 5.73. The number of sulfone groups is 1. The number of hydroxylamine groups is 2. The van der Waals surface area contributed by atoms with Gasteiger partial charge in [0.1, 0.15) is 0 Å². The molecular formula is C12H22NO4S. The number of hydrogen-bond acceptors (Lipinski definition) is 4. The second kappa shape index (κ2) is 3.91. The zero-order chi connectivity index (χ0) is 13.8. The molecule has 0 unspecified atom stereocenters. The first-order valence-corrected chi connectivity index (χ1v) is 8.02. The van der Waals surface area contributed by atoms with Gasteiger partial charge < -0.3 is 4.74 Å². The molecule has 2 fully saturated rings. The Kier molecular flexibility index (Phi) is 3.10. The highest BCUT2D eigenvalue weighted by molar-refractivity contribution is 7.92. The molecule has 0 saturated carbocycles. The van der Waals surface area contributed by atoms with Gasteiger partial charge in [0.05, 0.1) is 5.75 Å². The first-order chi connectivity index (χ1) is 8.03. The van der Waals surface area contributed by atoms with Crippen LogP contribution in [0.4, 0.5) is 0 Å². The summed E-state index contributed by atoms with van der Waals surface area (Å²) >= 11 is 0. The van der Waals surface area contributed by atoms with Crippen LogP contribution in [-0.4, -0.2) is 41.9 Å². The van der Waals surface area contributed by atoms with Gasteiger partial charge in [-0.25, -0.2) is 8.42 Å². The van der Waals surface area contributed by atoms with Crippen molar-refractivity contribution in [1.82, 2.24) is 5.06 Å². The van der Waals surface area contributed by atoms with Crippen molar-refractivity contribution in [2.24, 2.45) is 0 Å². The van der Waals surface area contributed by atoms with E-state index in [1.54, 1.807) is 27.7 Å². The average Bonchev–Trinajstić information content (AvgIpc) is 2.18. The molecule has 0 amide bonds. The van der Waals surface area contributed by atoms with E-state index >= 15 is 0 Å². The van der Waals surface area contributed by atoms with E-state index in [1.165, 1.54) is 0 Å². The van der Waals surface area contributed by atoms with Crippen molar-refractivity contribution in [1.29, 1.82) is 0 Å². The second-order valence-corrected chi connectivity index (χ2v) is 9.09. The third kappa shape index (κ3) is 1.99. The Balaban J connectivity index is 2.46. The summed E-state index contributed by atoms with van der Waals surface area (Å²) in [5, 5.41) is 13.3. The third-order valence-corrected chi connectivity index (χ3v) is 6.36. The SMILES string of the molecule is CC1(C)CC2(CC(C)(C)N1[O])OCCCS2(=O)=O. The van der Waals surface area contributed by atoms with Gasteiger partial charge in [0, 0.05) is 30.5 Å². The summed E-state index contributed by atoms with van der Waals surface area (Å²) in [7, 11) is -3.30. The zero-order valence-corrected chi connectivity index (χ0v) is 12.3. The summed E-state index contributed by atoms with van der Waals surface area (Å²) < 4.78 is 30.5. The quantitative estimate of drug-likeness (QED) is 0.672. The van der Waals surface area contributed by atoms with Gasteiger partial charge in [-0.15, -0.1) is 10.3 Å². The maximum atomic E-state index is 12.4. The van der Waals surface area contributed by atoms with Crippen molar-refractivity contribution >= 4 is 9.84 Å². The minimum atomic E-state index is -3.30. The molecule has 105 valence electrons. The van der Waals surface area contributed by atoms with Crippen molar-refractivity contribution in [2.45, 2.75) is 63.0 Å². The Morgan fingerprint density at radius 2 is 1.56 bits per heavy atom. The predicted octanol–water partition coefficient (Wildman–Crippen LogP) is 1.52. The van der Waals surface area contributed by atoms with Gasteiger partial charge in [0.15, 0.2) is 14.8 Å². The van der Waals surface area contributed by atoms with Gasteiger partial charge >= 0.3 is 0 Å². The molecule has 2 aliphatic rings. The summed E-state index contributed by atoms with van der Waals surface area (Å²) in [6.45, 7) is 7.61. The topological polar surface area (TPSA) is 66.5 Å². The molecule has 0 aliphatic carbocycles. The highest BCUT2D eigenvalue weighted by atomic mass is 32.2. The molecule has 2 rings (SSSR count). The van der Waals surface area contributed by atoms with Crippen molar-refractivity contribution in [3.8, 4) is 0 Å². The number of ether oxygens (including phenoxy) is 1. The van der Waals surface area contributed by atoms with Crippen molar-refractivity contribution < 1.29 is 18.4 Å². The number of piperidine rings is 1. The summed E-state index contributed by atoms with van der Waals surface area (Å²) in [5.41, 5.74) is -1.46. The molecule has 2 heterocycles. The standard InChI is InChI=1S/C12H22NO4S/c1-10(2)8-12(9-11(3,4)13(10)14)17-6-5-7-18(12,15)16/h5-9H2,1-4H3. The van der Waals surface area contributed by atoms with E-state index in [-0.39, 0.29) is 18.6 Å². The lowest BCUT2D eigenvalue weighted by Gasteiger charge is -2.55. The van der Waals surface area contributed by atoms with Crippen LogP contribution in [0.2, 0.25) is 0 Å². The lowest BCUT2D eigenvalue weighted by molar-refractivity contribution is -0.306. The molecule has 0 aromatic rings. The number of hydrogen-bond donors (Lipinski definition) is 0. The van der Waals surface area contributed by atoms with Crippen LogP contribution >= 0.6 is 0 Å². The lowest BCUT2D eigenvalue weighted by Crippen LogP contribution is -2.67. The Labute approximate surface area is 109 Å². The summed E-state index contributed by atoms with van der Waals surface area (Å²) in [6.07, 6.45) is 1.04. The largest absolute Gasteiger partial charge is 0.359 e. The van der Waals surface area contributed by atoms with Crippen LogP contribution in [0.3, 0.4) is 0 Å². The zero-order valence-electron chi connectivity index (χ0n) is 11.5. The molecule has 2 saturated heterocycles. The molecule has 0 atom stereocenters. The summed E-state index contributed by atoms with van der Waals surface area (Å²) in [5.74, 6) is 0.165. The van der Waals surface area contributed by atoms with E-state index in [0.29, 0.717) is 13.0 Å². The molecule has 1 radical (unpaired) electrons. The molecule has 18 heavy (non-hydrogen) atoms. The van der Waals surface area contributed by atoms with Crippen molar-refractivity contribution in [2.75, 3.05) is 12.4 Å². The minimum absolute atomic E-state index is 0.165. The number of nitrogens with zero attached hydrogens (tertiary/aromatic N) is 1. The highest BCUT2D eigenvalue weighted by Crippen LogP contribution is 2.48. The maximum absolute atomic E-state index is 12.4. The Morgan fingerprint density at radius 3 is 2.00 bits per heavy atom. The van der Waals surface area contributed by atoms with Crippen LogP contribution in [0.15, 0.2) is 0 Å². The van der Waals surface area contributed by atoms with Gasteiger partial charge in [-0.2, -0.15) is 0 Å². The first-order valence-electron chi connectivity index (χ1n) is 6.36. The van der Waals surface area contributed by atoms with Gasteiger partial charge in [0.25, 0.3) is 0 Å². The van der Waals surface area contributed by atoms with Crippen LogP contribution < -0.4 is 0 Å². The van der Waals surface area contributed by atoms with Crippen LogP contribution in [-0.2, 0) is 19.8 Å². The predicted molar refractivity (Wildman–Crippen MR) is 67.0 cm³/mol. The molecule has 0 bridgehead atoms. The van der Waals surface area contributed by atoms with Gasteiger partial charge in [-0.05, 0) is 34.1 Å². The molecular weight excluding hydrogens is 254 g/mol. The van der Waals surface area contributed by atoms with E-state index in [1.807, 2.05) is 0 Å². The van der Waals surface area contributed by atoms with Crippen LogP contribution in [0, 0.1) is 0 Å².